The highest BCUT2D eigenvalue weighted by atomic mass is 35.5. The maximum absolute atomic E-state index is 12.7. The summed E-state index contributed by atoms with van der Waals surface area (Å²) in [6.45, 7) is 0.410. The first-order valence-corrected chi connectivity index (χ1v) is 11.6. The molecule has 2 aromatic rings. The molecule has 3 rings (SSSR count). The summed E-state index contributed by atoms with van der Waals surface area (Å²) in [6.07, 6.45) is 0.700. The van der Waals surface area contributed by atoms with Crippen LogP contribution < -0.4 is 5.32 Å². The number of piperidine rings is 1. The van der Waals surface area contributed by atoms with Gasteiger partial charge in [-0.25, -0.2) is 8.42 Å². The molecular formula is C19H19ClF2N2O3S2. The normalized spacial score (nSPS) is 16.1. The van der Waals surface area contributed by atoms with Gasteiger partial charge in [-0.2, -0.15) is 13.1 Å². The molecular weight excluding hydrogens is 442 g/mol. The third kappa shape index (κ3) is 5.48. The quantitative estimate of drug-likeness (QED) is 0.635. The van der Waals surface area contributed by atoms with Crippen LogP contribution in [0.15, 0.2) is 58.3 Å². The molecule has 1 heterocycles. The number of nitrogens with zero attached hydrogens (tertiary/aromatic N) is 1. The van der Waals surface area contributed by atoms with E-state index < -0.39 is 21.7 Å². The van der Waals surface area contributed by atoms with Crippen LogP contribution in [0.3, 0.4) is 0 Å². The van der Waals surface area contributed by atoms with E-state index in [0.29, 0.717) is 40.2 Å². The van der Waals surface area contributed by atoms with Gasteiger partial charge >= 0.3 is 0 Å². The summed E-state index contributed by atoms with van der Waals surface area (Å²) in [5.74, 6) is -3.28. The van der Waals surface area contributed by atoms with Gasteiger partial charge in [0.2, 0.25) is 15.9 Å². The number of anilines is 1. The van der Waals surface area contributed by atoms with Crippen LogP contribution in [0.4, 0.5) is 14.5 Å². The van der Waals surface area contributed by atoms with Crippen molar-refractivity contribution in [3.8, 4) is 0 Å². The molecule has 1 fully saturated rings. The molecule has 0 radical (unpaired) electrons. The molecule has 0 aromatic heterocycles. The third-order valence-electron chi connectivity index (χ3n) is 4.64. The zero-order valence-corrected chi connectivity index (χ0v) is 17.6. The summed E-state index contributed by atoms with van der Waals surface area (Å²) in [7, 11) is -3.65. The lowest BCUT2D eigenvalue weighted by Crippen LogP contribution is -2.41. The van der Waals surface area contributed by atoms with Gasteiger partial charge < -0.3 is 5.32 Å². The van der Waals surface area contributed by atoms with E-state index in [1.54, 1.807) is 18.2 Å². The summed E-state index contributed by atoms with van der Waals surface area (Å²) in [6, 6.07) is 12.3. The molecule has 0 unspecified atom stereocenters. The summed E-state index contributed by atoms with van der Waals surface area (Å²) < 4.78 is 52.2. The maximum atomic E-state index is 12.7. The first-order chi connectivity index (χ1) is 13.8. The van der Waals surface area contributed by atoms with Gasteiger partial charge in [-0.3, -0.25) is 4.79 Å². The van der Waals surface area contributed by atoms with E-state index >= 15 is 0 Å². The van der Waals surface area contributed by atoms with Gasteiger partial charge in [-0.15, -0.1) is 0 Å². The molecule has 29 heavy (non-hydrogen) atoms. The molecule has 1 N–H and O–H groups in total. The van der Waals surface area contributed by atoms with Gasteiger partial charge in [-0.1, -0.05) is 35.5 Å². The van der Waals surface area contributed by atoms with Crippen molar-refractivity contribution in [1.29, 1.82) is 0 Å². The molecule has 1 amide bonds. The lowest BCUT2D eigenvalue weighted by molar-refractivity contribution is -0.120. The summed E-state index contributed by atoms with van der Waals surface area (Å²) in [5, 5.41) is 3.15. The van der Waals surface area contributed by atoms with Crippen molar-refractivity contribution in [1.82, 2.24) is 4.31 Å². The highest BCUT2D eigenvalue weighted by Crippen LogP contribution is 2.32. The summed E-state index contributed by atoms with van der Waals surface area (Å²) in [4.78, 5) is 13.0. The number of benzene rings is 2. The molecule has 2 aromatic carbocycles. The standard InChI is InChI=1S/C19H19ClF2N2O3S2/c20-14-5-7-15(8-6-14)29(26,27)24-11-9-13(10-12-24)18(25)23-16-3-1-2-4-17(16)28-19(21)22/h1-8,13,19H,9-12H2,(H,23,25). The minimum atomic E-state index is -3.65. The second-order valence-corrected chi connectivity index (χ2v) is 9.90. The van der Waals surface area contributed by atoms with Crippen molar-refractivity contribution in [2.75, 3.05) is 18.4 Å². The molecule has 1 aliphatic heterocycles. The number of para-hydroxylation sites is 1. The number of nitrogens with one attached hydrogen (secondary N) is 1. The van der Waals surface area contributed by atoms with Crippen molar-refractivity contribution in [2.24, 2.45) is 5.92 Å². The van der Waals surface area contributed by atoms with Crippen molar-refractivity contribution in [3.05, 3.63) is 53.6 Å². The van der Waals surface area contributed by atoms with Crippen LogP contribution >= 0.6 is 23.4 Å². The van der Waals surface area contributed by atoms with Crippen molar-refractivity contribution >= 4 is 45.0 Å². The molecule has 0 bridgehead atoms. The van der Waals surface area contributed by atoms with Crippen LogP contribution in [0.5, 0.6) is 0 Å². The topological polar surface area (TPSA) is 66.5 Å². The fourth-order valence-electron chi connectivity index (χ4n) is 3.12. The largest absolute Gasteiger partial charge is 0.325 e. The van der Waals surface area contributed by atoms with Crippen LogP contribution in [0.1, 0.15) is 12.8 Å². The second kappa shape index (κ2) is 9.42. The number of hydrogen-bond donors (Lipinski definition) is 1. The number of amides is 1. The van der Waals surface area contributed by atoms with E-state index in [-0.39, 0.29) is 23.9 Å². The van der Waals surface area contributed by atoms with Gasteiger partial charge in [0.1, 0.15) is 0 Å². The number of carbonyl (C=O) groups excluding carboxylic acids is 1. The van der Waals surface area contributed by atoms with Gasteiger partial charge in [0.15, 0.2) is 0 Å². The average molecular weight is 461 g/mol. The number of hydrogen-bond acceptors (Lipinski definition) is 4. The van der Waals surface area contributed by atoms with E-state index in [0.717, 1.165) is 0 Å². The Morgan fingerprint density at radius 3 is 2.34 bits per heavy atom. The molecule has 0 aliphatic carbocycles. The molecule has 0 spiro atoms. The van der Waals surface area contributed by atoms with E-state index in [1.807, 2.05) is 0 Å². The Balaban J connectivity index is 1.62. The summed E-state index contributed by atoms with van der Waals surface area (Å²) >= 11 is 6.18. The molecule has 10 heteroatoms. The first-order valence-electron chi connectivity index (χ1n) is 8.88. The van der Waals surface area contributed by atoms with Crippen LogP contribution in [0.25, 0.3) is 0 Å². The van der Waals surface area contributed by atoms with Gasteiger partial charge in [0, 0.05) is 28.9 Å². The average Bonchev–Trinajstić information content (AvgIpc) is 2.69. The monoisotopic (exact) mass is 460 g/mol. The Labute approximate surface area is 177 Å². The molecule has 5 nitrogen and oxygen atoms in total. The number of halogens is 3. The zero-order valence-electron chi connectivity index (χ0n) is 15.2. The Morgan fingerprint density at radius 2 is 1.72 bits per heavy atom. The minimum Gasteiger partial charge on any atom is -0.325 e. The van der Waals surface area contributed by atoms with Crippen molar-refractivity contribution < 1.29 is 22.0 Å². The molecule has 0 atom stereocenters. The third-order valence-corrected chi connectivity index (χ3v) is 7.59. The maximum Gasteiger partial charge on any atom is 0.288 e. The van der Waals surface area contributed by atoms with Gasteiger partial charge in [0.05, 0.1) is 10.6 Å². The number of sulfonamides is 1. The van der Waals surface area contributed by atoms with Crippen molar-refractivity contribution in [2.45, 2.75) is 28.4 Å². The predicted molar refractivity (Wildman–Crippen MR) is 110 cm³/mol. The SMILES string of the molecule is O=C(Nc1ccccc1SC(F)F)C1CCN(S(=O)(=O)c2ccc(Cl)cc2)CC1. The van der Waals surface area contributed by atoms with Crippen LogP contribution in [-0.4, -0.2) is 37.5 Å². The number of rotatable bonds is 6. The molecule has 156 valence electrons. The number of alkyl halides is 2. The van der Waals surface area contributed by atoms with E-state index in [4.69, 9.17) is 11.6 Å². The Morgan fingerprint density at radius 1 is 1.10 bits per heavy atom. The Hall–Kier alpha value is -1.68. The van der Waals surface area contributed by atoms with E-state index in [9.17, 15) is 22.0 Å². The molecule has 0 saturated carbocycles. The summed E-state index contributed by atoms with van der Waals surface area (Å²) in [5.41, 5.74) is 0.332. The van der Waals surface area contributed by atoms with Gasteiger partial charge in [-0.05, 0) is 49.2 Å². The fourth-order valence-corrected chi connectivity index (χ4v) is 5.31. The number of carbonyl (C=O) groups is 1. The van der Waals surface area contributed by atoms with Crippen LogP contribution in [0.2, 0.25) is 5.02 Å². The molecule has 1 aliphatic rings. The highest BCUT2D eigenvalue weighted by molar-refractivity contribution is 7.99. The predicted octanol–water partition coefficient (Wildman–Crippen LogP) is 4.69. The van der Waals surface area contributed by atoms with E-state index in [1.165, 1.54) is 34.6 Å². The van der Waals surface area contributed by atoms with Crippen molar-refractivity contribution in [3.63, 3.8) is 0 Å². The van der Waals surface area contributed by atoms with Crippen LogP contribution in [0, 0.1) is 5.92 Å². The number of thioether (sulfide) groups is 1. The molecule has 1 saturated heterocycles. The second-order valence-electron chi connectivity index (χ2n) is 6.50. The Kier molecular flexibility index (Phi) is 7.15. The van der Waals surface area contributed by atoms with Gasteiger partial charge in [0.25, 0.3) is 5.76 Å². The highest BCUT2D eigenvalue weighted by Gasteiger charge is 2.32. The minimum absolute atomic E-state index is 0.155. The lowest BCUT2D eigenvalue weighted by Gasteiger charge is -2.30. The first kappa shape index (κ1) is 22.0. The van der Waals surface area contributed by atoms with E-state index in [2.05, 4.69) is 5.32 Å². The fraction of sp³-hybridized carbons (Fsp3) is 0.316. The zero-order chi connectivity index (χ0) is 21.0. The van der Waals surface area contributed by atoms with Crippen LogP contribution in [-0.2, 0) is 14.8 Å². The lowest BCUT2D eigenvalue weighted by atomic mass is 9.97. The smallest absolute Gasteiger partial charge is 0.288 e. The Bertz CT molecular complexity index is 964.